The van der Waals surface area contributed by atoms with Crippen LogP contribution in [-0.4, -0.2) is 63.8 Å². The van der Waals surface area contributed by atoms with Gasteiger partial charge < -0.3 is 15.0 Å². The van der Waals surface area contributed by atoms with Crippen LogP contribution in [0.2, 0.25) is 0 Å². The number of nitrogens with zero attached hydrogens (tertiary/aromatic N) is 4. The van der Waals surface area contributed by atoms with Crippen LogP contribution in [0.5, 0.6) is 0 Å². The van der Waals surface area contributed by atoms with Crippen molar-refractivity contribution in [1.29, 1.82) is 0 Å². The molecule has 4 aromatic rings. The van der Waals surface area contributed by atoms with Crippen molar-refractivity contribution < 1.29 is 5.11 Å². The molecule has 3 aromatic heterocycles. The number of hydrogen-bond donors (Lipinski definition) is 2. The number of fused-ring (bicyclic) bond motifs is 6. The Kier molecular flexibility index (Phi) is 4.26. The zero-order valence-corrected chi connectivity index (χ0v) is 16.4. The number of hydrogen-bond acceptors (Lipinski definition) is 7. The van der Waals surface area contributed by atoms with Crippen LogP contribution < -0.4 is 10.5 Å². The number of thiazole rings is 1. The van der Waals surface area contributed by atoms with Crippen molar-refractivity contribution in [3.8, 4) is 0 Å². The Labute approximate surface area is 165 Å². The lowest BCUT2D eigenvalue weighted by Gasteiger charge is -2.35. The maximum atomic E-state index is 12.5. The Morgan fingerprint density at radius 1 is 1.21 bits per heavy atom. The lowest BCUT2D eigenvalue weighted by atomic mass is 10.0. The minimum Gasteiger partial charge on any atom is -0.392 e. The molecule has 0 amide bonds. The Balaban J connectivity index is 1.62. The quantitative estimate of drug-likeness (QED) is 0.517. The van der Waals surface area contributed by atoms with Gasteiger partial charge in [0, 0.05) is 67.5 Å². The number of aliphatic hydroxyl groups is 1. The van der Waals surface area contributed by atoms with Crippen LogP contribution in [0, 0.1) is 0 Å². The first-order valence-electron chi connectivity index (χ1n) is 9.45. The molecule has 0 aliphatic carbocycles. The SMILES string of the molecule is C[C@@H](O)CN1CCN(c2nc3c4ccncc4c4c(=O)[nH]ccc4c3s2)CC1. The number of anilines is 1. The van der Waals surface area contributed by atoms with Gasteiger partial charge >= 0.3 is 0 Å². The summed E-state index contributed by atoms with van der Waals surface area (Å²) in [5.41, 5.74) is 0.834. The minimum absolute atomic E-state index is 0.0981. The van der Waals surface area contributed by atoms with Crippen LogP contribution in [0.25, 0.3) is 31.8 Å². The lowest BCUT2D eigenvalue weighted by molar-refractivity contribution is 0.123. The first kappa shape index (κ1) is 17.5. The van der Waals surface area contributed by atoms with Gasteiger partial charge in [-0.3, -0.25) is 14.7 Å². The highest BCUT2D eigenvalue weighted by Crippen LogP contribution is 2.39. The standard InChI is InChI=1S/C20H21N5O2S/c1-12(26)11-24-6-8-25(9-7-24)20-23-17-13-2-4-21-10-15(13)16-14(18(17)28-20)3-5-22-19(16)27/h2-5,10,12,26H,6-9,11H2,1H3,(H,22,27)/t12-/m1/s1. The predicted molar refractivity (Wildman–Crippen MR) is 113 cm³/mol. The van der Waals surface area contributed by atoms with Gasteiger partial charge in [-0.1, -0.05) is 11.3 Å². The summed E-state index contributed by atoms with van der Waals surface area (Å²) in [6, 6.07) is 3.89. The molecule has 2 N–H and O–H groups in total. The molecule has 1 aromatic carbocycles. The topological polar surface area (TPSA) is 85.3 Å². The number of H-pyrrole nitrogens is 1. The first-order valence-corrected chi connectivity index (χ1v) is 10.3. The molecule has 1 saturated heterocycles. The van der Waals surface area contributed by atoms with Crippen LogP contribution in [0.15, 0.2) is 35.5 Å². The van der Waals surface area contributed by atoms with E-state index in [0.717, 1.165) is 57.7 Å². The van der Waals surface area contributed by atoms with Gasteiger partial charge in [0.15, 0.2) is 5.13 Å². The number of β-amino-alcohol motifs (C(OH)–C–C–N with tert-alkyl or cyclic N) is 1. The van der Waals surface area contributed by atoms with E-state index >= 15 is 0 Å². The van der Waals surface area contributed by atoms with Crippen molar-refractivity contribution in [3.63, 3.8) is 0 Å². The third-order valence-electron chi connectivity index (χ3n) is 5.33. The molecule has 1 atom stereocenters. The van der Waals surface area contributed by atoms with E-state index in [0.29, 0.717) is 11.9 Å². The van der Waals surface area contributed by atoms with Gasteiger partial charge in [0.25, 0.3) is 5.56 Å². The number of rotatable bonds is 3. The Morgan fingerprint density at radius 3 is 2.82 bits per heavy atom. The largest absolute Gasteiger partial charge is 0.392 e. The summed E-state index contributed by atoms with van der Waals surface area (Å²) in [4.78, 5) is 29.1. The number of nitrogens with one attached hydrogen (secondary N) is 1. The molecule has 28 heavy (non-hydrogen) atoms. The number of benzene rings is 1. The van der Waals surface area contributed by atoms with Gasteiger partial charge in [-0.15, -0.1) is 0 Å². The van der Waals surface area contributed by atoms with E-state index in [-0.39, 0.29) is 11.7 Å². The lowest BCUT2D eigenvalue weighted by Crippen LogP contribution is -2.48. The number of piperazine rings is 1. The van der Waals surface area contributed by atoms with Crippen molar-refractivity contribution in [1.82, 2.24) is 19.9 Å². The Bertz CT molecular complexity index is 1220. The molecule has 144 valence electrons. The minimum atomic E-state index is -0.307. The fourth-order valence-electron chi connectivity index (χ4n) is 4.04. The van der Waals surface area contributed by atoms with E-state index in [2.05, 4.69) is 19.8 Å². The molecule has 7 nitrogen and oxygen atoms in total. The van der Waals surface area contributed by atoms with Crippen molar-refractivity contribution in [3.05, 3.63) is 41.1 Å². The van der Waals surface area contributed by atoms with Crippen LogP contribution in [0.1, 0.15) is 6.92 Å². The molecule has 1 aliphatic rings. The van der Waals surface area contributed by atoms with Crippen molar-refractivity contribution >= 4 is 48.2 Å². The molecular formula is C20H21N5O2S. The molecule has 0 saturated carbocycles. The zero-order valence-electron chi connectivity index (χ0n) is 15.6. The Morgan fingerprint density at radius 2 is 2.04 bits per heavy atom. The first-order chi connectivity index (χ1) is 13.6. The monoisotopic (exact) mass is 395 g/mol. The molecule has 0 bridgehead atoms. The molecule has 0 spiro atoms. The highest BCUT2D eigenvalue weighted by atomic mass is 32.1. The van der Waals surface area contributed by atoms with E-state index in [1.165, 1.54) is 0 Å². The maximum Gasteiger partial charge on any atom is 0.256 e. The average Bonchev–Trinajstić information content (AvgIpc) is 3.14. The Hall–Kier alpha value is -2.55. The average molecular weight is 395 g/mol. The van der Waals surface area contributed by atoms with E-state index in [1.807, 2.05) is 19.1 Å². The fraction of sp³-hybridized carbons (Fsp3) is 0.350. The second-order valence-electron chi connectivity index (χ2n) is 7.33. The smallest absolute Gasteiger partial charge is 0.256 e. The predicted octanol–water partition coefficient (Wildman–Crippen LogP) is 2.19. The van der Waals surface area contributed by atoms with E-state index in [1.54, 1.807) is 29.9 Å². The highest BCUT2D eigenvalue weighted by Gasteiger charge is 2.22. The number of aliphatic hydroxyl groups excluding tert-OH is 1. The van der Waals surface area contributed by atoms with E-state index < -0.39 is 0 Å². The number of aromatic amines is 1. The summed E-state index contributed by atoms with van der Waals surface area (Å²) >= 11 is 1.65. The van der Waals surface area contributed by atoms with Gasteiger partial charge in [-0.05, 0) is 19.1 Å². The van der Waals surface area contributed by atoms with Crippen LogP contribution in [0.3, 0.4) is 0 Å². The molecular weight excluding hydrogens is 374 g/mol. The van der Waals surface area contributed by atoms with Gasteiger partial charge in [-0.2, -0.15) is 0 Å². The van der Waals surface area contributed by atoms with Gasteiger partial charge in [-0.25, -0.2) is 4.98 Å². The molecule has 1 aliphatic heterocycles. The molecule has 5 rings (SSSR count). The van der Waals surface area contributed by atoms with Crippen LogP contribution in [-0.2, 0) is 0 Å². The van der Waals surface area contributed by atoms with E-state index in [9.17, 15) is 9.90 Å². The summed E-state index contributed by atoms with van der Waals surface area (Å²) in [6.45, 7) is 6.11. The summed E-state index contributed by atoms with van der Waals surface area (Å²) < 4.78 is 1.04. The number of aromatic nitrogens is 3. The molecule has 0 unspecified atom stereocenters. The molecule has 1 fully saturated rings. The summed E-state index contributed by atoms with van der Waals surface area (Å²) in [5, 5.41) is 14.0. The second-order valence-corrected chi connectivity index (χ2v) is 8.31. The molecule has 0 radical (unpaired) electrons. The number of pyridine rings is 2. The highest BCUT2D eigenvalue weighted by molar-refractivity contribution is 7.23. The third kappa shape index (κ3) is 2.85. The molecule has 8 heteroatoms. The van der Waals surface area contributed by atoms with Gasteiger partial charge in [0.05, 0.1) is 21.7 Å². The maximum absolute atomic E-state index is 12.5. The van der Waals surface area contributed by atoms with Crippen molar-refractivity contribution in [2.75, 3.05) is 37.6 Å². The second kappa shape index (κ2) is 6.80. The third-order valence-corrected chi connectivity index (χ3v) is 6.48. The fourth-order valence-corrected chi connectivity index (χ4v) is 5.20. The van der Waals surface area contributed by atoms with Crippen LogP contribution in [0.4, 0.5) is 5.13 Å². The normalized spacial score (nSPS) is 17.0. The molecule has 4 heterocycles. The summed E-state index contributed by atoms with van der Waals surface area (Å²) in [7, 11) is 0. The summed E-state index contributed by atoms with van der Waals surface area (Å²) in [6.07, 6.45) is 4.89. The van der Waals surface area contributed by atoms with Gasteiger partial charge in [0.2, 0.25) is 0 Å². The summed E-state index contributed by atoms with van der Waals surface area (Å²) in [5.74, 6) is 0. The van der Waals surface area contributed by atoms with E-state index in [4.69, 9.17) is 4.98 Å². The van der Waals surface area contributed by atoms with Crippen molar-refractivity contribution in [2.45, 2.75) is 13.0 Å². The zero-order chi connectivity index (χ0) is 19.3. The van der Waals surface area contributed by atoms with Crippen LogP contribution >= 0.6 is 11.3 Å². The van der Waals surface area contributed by atoms with Gasteiger partial charge in [0.1, 0.15) is 0 Å². The van der Waals surface area contributed by atoms with Crippen molar-refractivity contribution in [2.24, 2.45) is 0 Å².